The van der Waals surface area contributed by atoms with Crippen LogP contribution in [-0.4, -0.2) is 19.8 Å². The quantitative estimate of drug-likeness (QED) is 0.724. The average Bonchev–Trinajstić information content (AvgIpc) is 2.53. The Labute approximate surface area is 133 Å². The molecular formula is C19H25NO2. The lowest BCUT2D eigenvalue weighted by Gasteiger charge is -2.11. The molecule has 0 aliphatic carbocycles. The Hall–Kier alpha value is -2.16. The first-order chi connectivity index (χ1) is 10.7. The van der Waals surface area contributed by atoms with Crippen LogP contribution in [0, 0.1) is 13.8 Å². The third kappa shape index (κ3) is 4.99. The maximum absolute atomic E-state index is 5.76. The summed E-state index contributed by atoms with van der Waals surface area (Å²) in [6, 6.07) is 14.2. The van der Waals surface area contributed by atoms with E-state index in [-0.39, 0.29) is 0 Å². The Balaban J connectivity index is 1.77. The van der Waals surface area contributed by atoms with Gasteiger partial charge in [-0.2, -0.15) is 0 Å². The Morgan fingerprint density at radius 2 is 1.64 bits per heavy atom. The fraction of sp³-hybridized carbons (Fsp3) is 0.368. The Kier molecular flexibility index (Phi) is 6.13. The lowest BCUT2D eigenvalue weighted by atomic mass is 10.1. The summed E-state index contributed by atoms with van der Waals surface area (Å²) in [6.07, 6.45) is 1.02. The number of anilines is 1. The van der Waals surface area contributed by atoms with Crippen LogP contribution in [-0.2, 0) is 0 Å². The van der Waals surface area contributed by atoms with E-state index in [4.69, 9.17) is 9.47 Å². The Bertz CT molecular complexity index is 596. The van der Waals surface area contributed by atoms with Gasteiger partial charge in [-0.25, -0.2) is 0 Å². The first-order valence-corrected chi connectivity index (χ1v) is 7.86. The Morgan fingerprint density at radius 3 is 2.41 bits per heavy atom. The molecule has 2 rings (SSSR count). The van der Waals surface area contributed by atoms with Crippen molar-refractivity contribution >= 4 is 5.69 Å². The van der Waals surface area contributed by atoms with Crippen LogP contribution in [0.4, 0.5) is 5.69 Å². The molecule has 3 nitrogen and oxygen atoms in total. The van der Waals surface area contributed by atoms with Crippen molar-refractivity contribution in [3.05, 3.63) is 53.6 Å². The molecule has 1 N–H and O–H groups in total. The monoisotopic (exact) mass is 299 g/mol. The van der Waals surface area contributed by atoms with Gasteiger partial charge < -0.3 is 14.8 Å². The predicted octanol–water partition coefficient (Wildman–Crippen LogP) is 4.58. The van der Waals surface area contributed by atoms with E-state index in [1.807, 2.05) is 30.3 Å². The first-order valence-electron chi connectivity index (χ1n) is 7.86. The highest BCUT2D eigenvalue weighted by molar-refractivity contribution is 5.48. The van der Waals surface area contributed by atoms with E-state index in [0.717, 1.165) is 36.8 Å². The van der Waals surface area contributed by atoms with Gasteiger partial charge in [0.1, 0.15) is 18.1 Å². The van der Waals surface area contributed by atoms with Gasteiger partial charge in [0.25, 0.3) is 0 Å². The van der Waals surface area contributed by atoms with Gasteiger partial charge in [0.2, 0.25) is 0 Å². The number of nitrogens with one attached hydrogen (secondary N) is 1. The summed E-state index contributed by atoms with van der Waals surface area (Å²) in [5.74, 6) is 1.83. The summed E-state index contributed by atoms with van der Waals surface area (Å²) < 4.78 is 11.4. The molecule has 22 heavy (non-hydrogen) atoms. The van der Waals surface area contributed by atoms with Crippen LogP contribution in [0.25, 0.3) is 0 Å². The topological polar surface area (TPSA) is 30.5 Å². The third-order valence-electron chi connectivity index (χ3n) is 3.49. The summed E-state index contributed by atoms with van der Waals surface area (Å²) >= 11 is 0. The molecular weight excluding hydrogens is 274 g/mol. The molecule has 118 valence electrons. The van der Waals surface area contributed by atoms with E-state index in [1.54, 1.807) is 0 Å². The molecule has 0 radical (unpaired) electrons. The maximum Gasteiger partial charge on any atom is 0.121 e. The fourth-order valence-corrected chi connectivity index (χ4v) is 2.08. The SMILES string of the molecule is CCCOc1cccc(NCCOc2ccc(C)c(C)c2)c1. The van der Waals surface area contributed by atoms with Crippen LogP contribution in [0.15, 0.2) is 42.5 Å². The second-order valence-electron chi connectivity index (χ2n) is 5.40. The van der Waals surface area contributed by atoms with Crippen molar-refractivity contribution in [3.8, 4) is 11.5 Å². The zero-order valence-corrected chi connectivity index (χ0v) is 13.7. The molecule has 0 unspecified atom stereocenters. The van der Waals surface area contributed by atoms with E-state index < -0.39 is 0 Å². The highest BCUT2D eigenvalue weighted by Crippen LogP contribution is 2.18. The van der Waals surface area contributed by atoms with Crippen molar-refractivity contribution in [2.75, 3.05) is 25.1 Å². The van der Waals surface area contributed by atoms with Gasteiger partial charge in [0.05, 0.1) is 6.61 Å². The molecule has 0 saturated carbocycles. The van der Waals surface area contributed by atoms with E-state index in [0.29, 0.717) is 6.61 Å². The molecule has 0 heterocycles. The van der Waals surface area contributed by atoms with Crippen molar-refractivity contribution < 1.29 is 9.47 Å². The van der Waals surface area contributed by atoms with Gasteiger partial charge in [0.15, 0.2) is 0 Å². The molecule has 0 aliphatic rings. The van der Waals surface area contributed by atoms with E-state index in [2.05, 4.69) is 38.2 Å². The number of hydrogen-bond donors (Lipinski definition) is 1. The van der Waals surface area contributed by atoms with Crippen LogP contribution in [0.5, 0.6) is 11.5 Å². The summed E-state index contributed by atoms with van der Waals surface area (Å²) in [5.41, 5.74) is 3.60. The number of ether oxygens (including phenoxy) is 2. The van der Waals surface area contributed by atoms with Crippen LogP contribution < -0.4 is 14.8 Å². The summed E-state index contributed by atoms with van der Waals surface area (Å²) in [4.78, 5) is 0. The Morgan fingerprint density at radius 1 is 0.864 bits per heavy atom. The smallest absolute Gasteiger partial charge is 0.121 e. The maximum atomic E-state index is 5.76. The van der Waals surface area contributed by atoms with Crippen LogP contribution in [0.1, 0.15) is 24.5 Å². The fourth-order valence-electron chi connectivity index (χ4n) is 2.08. The molecule has 0 amide bonds. The number of benzene rings is 2. The second-order valence-corrected chi connectivity index (χ2v) is 5.40. The summed E-state index contributed by atoms with van der Waals surface area (Å²) in [6.45, 7) is 8.44. The number of rotatable bonds is 8. The third-order valence-corrected chi connectivity index (χ3v) is 3.49. The highest BCUT2D eigenvalue weighted by atomic mass is 16.5. The molecule has 2 aromatic rings. The van der Waals surface area contributed by atoms with Crippen molar-refractivity contribution in [2.45, 2.75) is 27.2 Å². The zero-order chi connectivity index (χ0) is 15.8. The number of aryl methyl sites for hydroxylation is 2. The van der Waals surface area contributed by atoms with Gasteiger partial charge in [-0.05, 0) is 55.7 Å². The first kappa shape index (κ1) is 16.2. The highest BCUT2D eigenvalue weighted by Gasteiger charge is 1.99. The lowest BCUT2D eigenvalue weighted by molar-refractivity contribution is 0.317. The minimum Gasteiger partial charge on any atom is -0.494 e. The van der Waals surface area contributed by atoms with Crippen molar-refractivity contribution in [1.29, 1.82) is 0 Å². The summed E-state index contributed by atoms with van der Waals surface area (Å²) in [7, 11) is 0. The standard InChI is InChI=1S/C19H25NO2/c1-4-11-21-18-7-5-6-17(14-18)20-10-12-22-19-9-8-15(2)16(3)13-19/h5-9,13-14,20H,4,10-12H2,1-3H3. The van der Waals surface area contributed by atoms with Gasteiger partial charge in [-0.15, -0.1) is 0 Å². The minimum absolute atomic E-state index is 0.628. The molecule has 2 aromatic carbocycles. The average molecular weight is 299 g/mol. The summed E-state index contributed by atoms with van der Waals surface area (Å²) in [5, 5.41) is 3.35. The van der Waals surface area contributed by atoms with Crippen LogP contribution in [0.2, 0.25) is 0 Å². The molecule has 0 atom stereocenters. The van der Waals surface area contributed by atoms with Gasteiger partial charge >= 0.3 is 0 Å². The lowest BCUT2D eigenvalue weighted by Crippen LogP contribution is -2.11. The molecule has 0 bridgehead atoms. The van der Waals surface area contributed by atoms with Crippen molar-refractivity contribution in [3.63, 3.8) is 0 Å². The van der Waals surface area contributed by atoms with Gasteiger partial charge in [-0.1, -0.05) is 19.1 Å². The van der Waals surface area contributed by atoms with Crippen molar-refractivity contribution in [1.82, 2.24) is 0 Å². The molecule has 3 heteroatoms. The largest absolute Gasteiger partial charge is 0.494 e. The van der Waals surface area contributed by atoms with Crippen molar-refractivity contribution in [2.24, 2.45) is 0 Å². The minimum atomic E-state index is 0.628. The number of hydrogen-bond acceptors (Lipinski definition) is 3. The molecule has 0 spiro atoms. The molecule has 0 fully saturated rings. The van der Waals surface area contributed by atoms with Gasteiger partial charge in [0, 0.05) is 18.3 Å². The predicted molar refractivity (Wildman–Crippen MR) is 92.1 cm³/mol. The van der Waals surface area contributed by atoms with Gasteiger partial charge in [-0.3, -0.25) is 0 Å². The van der Waals surface area contributed by atoms with Crippen LogP contribution >= 0.6 is 0 Å². The zero-order valence-electron chi connectivity index (χ0n) is 13.7. The second kappa shape index (κ2) is 8.32. The normalized spacial score (nSPS) is 10.3. The van der Waals surface area contributed by atoms with E-state index in [1.165, 1.54) is 11.1 Å². The molecule has 0 aliphatic heterocycles. The molecule has 0 saturated heterocycles. The van der Waals surface area contributed by atoms with Crippen LogP contribution in [0.3, 0.4) is 0 Å². The van der Waals surface area contributed by atoms with E-state index in [9.17, 15) is 0 Å². The van der Waals surface area contributed by atoms with E-state index >= 15 is 0 Å². The molecule has 0 aromatic heterocycles.